The number of aromatic nitrogens is 1. The summed E-state index contributed by atoms with van der Waals surface area (Å²) >= 11 is 0. The van der Waals surface area contributed by atoms with Crippen LogP contribution in [0.3, 0.4) is 0 Å². The Morgan fingerprint density at radius 3 is 2.50 bits per heavy atom. The first kappa shape index (κ1) is 16.7. The molecule has 0 spiro atoms. The number of amides is 2. The summed E-state index contributed by atoms with van der Waals surface area (Å²) in [5, 5.41) is 0. The van der Waals surface area contributed by atoms with Crippen molar-refractivity contribution in [3.8, 4) is 0 Å². The maximum Gasteiger partial charge on any atom is 0.271 e. The maximum absolute atomic E-state index is 12.1. The second kappa shape index (κ2) is 8.10. The van der Waals surface area contributed by atoms with E-state index in [-0.39, 0.29) is 11.8 Å². The molecule has 2 aliphatic heterocycles. The van der Waals surface area contributed by atoms with Crippen LogP contribution >= 0.6 is 0 Å². The van der Waals surface area contributed by atoms with Gasteiger partial charge in [-0.25, -0.2) is 4.98 Å². The van der Waals surface area contributed by atoms with Gasteiger partial charge in [0.15, 0.2) is 0 Å². The maximum atomic E-state index is 12.1. The number of hydrazine groups is 1. The third-order valence-electron chi connectivity index (χ3n) is 4.46. The van der Waals surface area contributed by atoms with Crippen LogP contribution in [0.2, 0.25) is 0 Å². The average Bonchev–Trinajstić information content (AvgIpc) is 3.02. The summed E-state index contributed by atoms with van der Waals surface area (Å²) in [6.45, 7) is 2.61. The zero-order valence-corrected chi connectivity index (χ0v) is 13.8. The van der Waals surface area contributed by atoms with Gasteiger partial charge in [0, 0.05) is 25.9 Å². The normalized spacial score (nSPS) is 21.2. The van der Waals surface area contributed by atoms with Crippen LogP contribution in [0.15, 0.2) is 18.3 Å². The van der Waals surface area contributed by atoms with Crippen LogP contribution in [-0.2, 0) is 9.53 Å². The Bertz CT molecular complexity index is 562. The quantitative estimate of drug-likeness (QED) is 0.818. The molecule has 0 saturated carbocycles. The largest absolute Gasteiger partial charge is 0.368 e. The molecular weight excluding hydrogens is 308 g/mol. The van der Waals surface area contributed by atoms with E-state index >= 15 is 0 Å². The second-order valence-corrected chi connectivity index (χ2v) is 6.25. The van der Waals surface area contributed by atoms with Crippen LogP contribution in [0.5, 0.6) is 0 Å². The molecular formula is C17H24N4O3. The predicted molar refractivity (Wildman–Crippen MR) is 89.5 cm³/mol. The van der Waals surface area contributed by atoms with Crippen molar-refractivity contribution in [1.82, 2.24) is 15.8 Å². The van der Waals surface area contributed by atoms with Gasteiger partial charge in [0.2, 0.25) is 0 Å². The number of hydrogen-bond donors (Lipinski definition) is 2. The fraction of sp³-hybridized carbons (Fsp3) is 0.588. The number of pyridine rings is 1. The molecule has 1 atom stereocenters. The summed E-state index contributed by atoms with van der Waals surface area (Å²) in [4.78, 5) is 30.5. The first-order valence-corrected chi connectivity index (χ1v) is 8.67. The Labute approximate surface area is 141 Å². The number of hydrogen-bond acceptors (Lipinski definition) is 5. The van der Waals surface area contributed by atoms with Gasteiger partial charge in [-0.15, -0.1) is 0 Å². The van der Waals surface area contributed by atoms with Gasteiger partial charge in [-0.2, -0.15) is 0 Å². The SMILES string of the molecule is O=C(NNC(=O)[C@@H]1CCCO1)c1ccc(N2CCCCCC2)nc1. The fourth-order valence-corrected chi connectivity index (χ4v) is 3.06. The van der Waals surface area contributed by atoms with E-state index in [1.54, 1.807) is 12.3 Å². The van der Waals surface area contributed by atoms with E-state index in [9.17, 15) is 9.59 Å². The molecule has 1 aromatic heterocycles. The summed E-state index contributed by atoms with van der Waals surface area (Å²) in [6.07, 6.45) is 7.53. The molecule has 3 heterocycles. The van der Waals surface area contributed by atoms with Crippen molar-refractivity contribution in [2.45, 2.75) is 44.6 Å². The lowest BCUT2D eigenvalue weighted by atomic mass is 10.2. The number of rotatable bonds is 3. The number of anilines is 1. The standard InChI is InChI=1S/C17H24N4O3/c22-16(19-20-17(23)14-6-5-11-24-14)13-7-8-15(18-12-13)21-9-3-1-2-4-10-21/h7-8,12,14H,1-6,9-11H2,(H,19,22)(H,20,23)/t14-/m0/s1. The molecule has 0 radical (unpaired) electrons. The molecule has 1 aromatic rings. The average molecular weight is 332 g/mol. The smallest absolute Gasteiger partial charge is 0.271 e. The molecule has 0 aromatic carbocycles. The van der Waals surface area contributed by atoms with Gasteiger partial charge >= 0.3 is 0 Å². The minimum atomic E-state index is -0.464. The topological polar surface area (TPSA) is 83.6 Å². The van der Waals surface area contributed by atoms with Crippen LogP contribution in [0.1, 0.15) is 48.9 Å². The highest BCUT2D eigenvalue weighted by molar-refractivity contribution is 5.95. The molecule has 0 aliphatic carbocycles. The van der Waals surface area contributed by atoms with Gasteiger partial charge in [0.25, 0.3) is 11.8 Å². The van der Waals surface area contributed by atoms with Crippen molar-refractivity contribution in [2.24, 2.45) is 0 Å². The van der Waals surface area contributed by atoms with E-state index in [0.717, 1.165) is 25.3 Å². The number of ether oxygens (including phenoxy) is 1. The molecule has 7 heteroatoms. The molecule has 130 valence electrons. The number of nitrogens with zero attached hydrogens (tertiary/aromatic N) is 2. The molecule has 3 rings (SSSR count). The fourth-order valence-electron chi connectivity index (χ4n) is 3.06. The van der Waals surface area contributed by atoms with Gasteiger partial charge in [-0.3, -0.25) is 20.4 Å². The first-order valence-electron chi connectivity index (χ1n) is 8.67. The van der Waals surface area contributed by atoms with E-state index in [2.05, 4.69) is 20.7 Å². The van der Waals surface area contributed by atoms with Crippen LogP contribution < -0.4 is 15.8 Å². The summed E-state index contributed by atoms with van der Waals surface area (Å²) < 4.78 is 5.26. The van der Waals surface area contributed by atoms with Crippen molar-refractivity contribution in [3.05, 3.63) is 23.9 Å². The van der Waals surface area contributed by atoms with E-state index in [1.807, 2.05) is 6.07 Å². The Morgan fingerprint density at radius 1 is 1.08 bits per heavy atom. The van der Waals surface area contributed by atoms with E-state index in [1.165, 1.54) is 25.7 Å². The van der Waals surface area contributed by atoms with Crippen molar-refractivity contribution < 1.29 is 14.3 Å². The van der Waals surface area contributed by atoms with Crippen molar-refractivity contribution in [3.63, 3.8) is 0 Å². The molecule has 2 N–H and O–H groups in total. The van der Waals surface area contributed by atoms with E-state index < -0.39 is 6.10 Å². The highest BCUT2D eigenvalue weighted by Crippen LogP contribution is 2.17. The van der Waals surface area contributed by atoms with Gasteiger partial charge in [0.05, 0.1) is 5.56 Å². The molecule has 24 heavy (non-hydrogen) atoms. The van der Waals surface area contributed by atoms with Crippen LogP contribution in [-0.4, -0.2) is 42.6 Å². The van der Waals surface area contributed by atoms with Crippen LogP contribution in [0, 0.1) is 0 Å². The lowest BCUT2D eigenvalue weighted by Crippen LogP contribution is -2.46. The third kappa shape index (κ3) is 4.23. The number of carbonyl (C=O) groups excluding carboxylic acids is 2. The minimum Gasteiger partial charge on any atom is -0.368 e. The van der Waals surface area contributed by atoms with Gasteiger partial charge in [-0.05, 0) is 37.8 Å². The van der Waals surface area contributed by atoms with E-state index in [0.29, 0.717) is 18.6 Å². The monoisotopic (exact) mass is 332 g/mol. The highest BCUT2D eigenvalue weighted by atomic mass is 16.5. The lowest BCUT2D eigenvalue weighted by Gasteiger charge is -2.21. The summed E-state index contributed by atoms with van der Waals surface area (Å²) in [5.74, 6) is 0.211. The Kier molecular flexibility index (Phi) is 5.63. The lowest BCUT2D eigenvalue weighted by molar-refractivity contribution is -0.130. The number of carbonyl (C=O) groups is 2. The molecule has 2 saturated heterocycles. The first-order chi connectivity index (χ1) is 11.7. The van der Waals surface area contributed by atoms with Gasteiger partial charge in [0.1, 0.15) is 11.9 Å². The molecule has 2 aliphatic rings. The van der Waals surface area contributed by atoms with Crippen molar-refractivity contribution in [1.29, 1.82) is 0 Å². The summed E-state index contributed by atoms with van der Waals surface area (Å²) in [6, 6.07) is 3.60. The Balaban J connectivity index is 1.52. The number of nitrogens with one attached hydrogen (secondary N) is 2. The zero-order valence-electron chi connectivity index (χ0n) is 13.8. The summed E-state index contributed by atoms with van der Waals surface area (Å²) in [5.41, 5.74) is 5.24. The molecule has 0 unspecified atom stereocenters. The second-order valence-electron chi connectivity index (χ2n) is 6.25. The van der Waals surface area contributed by atoms with E-state index in [4.69, 9.17) is 4.74 Å². The summed E-state index contributed by atoms with van der Waals surface area (Å²) in [7, 11) is 0. The van der Waals surface area contributed by atoms with Crippen molar-refractivity contribution in [2.75, 3.05) is 24.6 Å². The van der Waals surface area contributed by atoms with Gasteiger partial charge < -0.3 is 9.64 Å². The van der Waals surface area contributed by atoms with Crippen LogP contribution in [0.25, 0.3) is 0 Å². The molecule has 7 nitrogen and oxygen atoms in total. The third-order valence-corrected chi connectivity index (χ3v) is 4.46. The molecule has 2 fully saturated rings. The Morgan fingerprint density at radius 2 is 1.88 bits per heavy atom. The highest BCUT2D eigenvalue weighted by Gasteiger charge is 2.23. The Hall–Kier alpha value is -2.15. The minimum absolute atomic E-state index is 0.310. The zero-order chi connectivity index (χ0) is 16.8. The van der Waals surface area contributed by atoms with Crippen molar-refractivity contribution >= 4 is 17.6 Å². The molecule has 2 amide bonds. The van der Waals surface area contributed by atoms with Crippen LogP contribution in [0.4, 0.5) is 5.82 Å². The predicted octanol–water partition coefficient (Wildman–Crippen LogP) is 1.40. The van der Waals surface area contributed by atoms with Gasteiger partial charge in [-0.1, -0.05) is 12.8 Å². The molecule has 0 bridgehead atoms.